The molecule has 0 aromatic heterocycles. The molecule has 52 heavy (non-hydrogen) atoms. The third-order valence-electron chi connectivity index (χ3n) is 11.0. The Morgan fingerprint density at radius 1 is 0.596 bits per heavy atom. The van der Waals surface area contributed by atoms with Gasteiger partial charge < -0.3 is 20.8 Å². The Kier molecular flexibility index (Phi) is 12.8. The van der Waals surface area contributed by atoms with Crippen molar-refractivity contribution >= 4 is 11.8 Å². The average molecular weight is 703 g/mol. The van der Waals surface area contributed by atoms with E-state index in [4.69, 9.17) is 5.73 Å². The lowest BCUT2D eigenvalue weighted by Gasteiger charge is -2.55. The van der Waals surface area contributed by atoms with Gasteiger partial charge in [-0.15, -0.1) is 0 Å². The summed E-state index contributed by atoms with van der Waals surface area (Å²) in [5.41, 5.74) is 5.61. The quantitative estimate of drug-likeness (QED) is 0.0924. The number of rotatable bonds is 18. The van der Waals surface area contributed by atoms with Crippen molar-refractivity contribution in [1.82, 2.24) is 4.90 Å². The number of amides is 2. The third-order valence-corrected chi connectivity index (χ3v) is 11.0. The molecule has 1 saturated carbocycles. The Labute approximate surface area is 311 Å². The Morgan fingerprint density at radius 3 is 1.10 bits per heavy atom. The van der Waals surface area contributed by atoms with E-state index in [1.165, 1.54) is 0 Å². The van der Waals surface area contributed by atoms with E-state index in [-0.39, 0.29) is 43.4 Å². The molecule has 1 fully saturated rings. The van der Waals surface area contributed by atoms with E-state index in [9.17, 15) is 15.0 Å². The Bertz CT molecular complexity index is 1510. The van der Waals surface area contributed by atoms with Crippen molar-refractivity contribution in [1.29, 1.82) is 0 Å². The molecule has 0 bridgehead atoms. The lowest BCUT2D eigenvalue weighted by molar-refractivity contribution is -0.178. The van der Waals surface area contributed by atoms with Gasteiger partial charge in [-0.3, -0.25) is 9.59 Å². The molecular formula is C46H58N2O4. The summed E-state index contributed by atoms with van der Waals surface area (Å²) in [4.78, 5) is 30.9. The largest absolute Gasteiger partial charge is 0.387 e. The number of aliphatic hydroxyl groups is 2. The molecule has 2 atom stereocenters. The molecule has 0 spiro atoms. The molecule has 276 valence electrons. The van der Waals surface area contributed by atoms with Crippen molar-refractivity contribution in [2.45, 2.75) is 109 Å². The third kappa shape index (κ3) is 9.20. The summed E-state index contributed by atoms with van der Waals surface area (Å²) in [6.07, 6.45) is 3.43. The maximum absolute atomic E-state index is 15.6. The highest BCUT2D eigenvalue weighted by Crippen LogP contribution is 2.47. The van der Waals surface area contributed by atoms with Crippen LogP contribution in [0.2, 0.25) is 0 Å². The number of hydrogen-bond donors (Lipinski definition) is 3. The molecule has 0 saturated heterocycles. The predicted octanol–water partition coefficient (Wildman–Crippen LogP) is 7.73. The molecule has 4 N–H and O–H groups in total. The number of carbonyl (C=O) groups is 2. The molecule has 0 heterocycles. The van der Waals surface area contributed by atoms with Crippen molar-refractivity contribution in [3.8, 4) is 0 Å². The van der Waals surface area contributed by atoms with Crippen molar-refractivity contribution in [3.63, 3.8) is 0 Å². The van der Waals surface area contributed by atoms with Crippen LogP contribution in [-0.2, 0) is 35.3 Å². The molecule has 1 aliphatic rings. The van der Waals surface area contributed by atoms with Gasteiger partial charge in [0.15, 0.2) is 0 Å². The standard InChI is InChI=1S/C46H58N2O4/c1-34(2)28-40(45(51,30-36-18-9-5-10-19-36)31-37-20-11-6-12-21-37)48(43(50)44(42(47)49)26-17-27-44)41(29-35(3)4)46(52,32-38-22-13-7-14-23-38)33-39-24-15-8-16-25-39/h5-16,18-25,34-35,40-41,51-52H,17,26-33H2,1-4H3,(H2,47,49)/t40-,41-/m1/s1. The second-order valence-corrected chi connectivity index (χ2v) is 16.2. The van der Waals surface area contributed by atoms with Crippen LogP contribution in [0.3, 0.4) is 0 Å². The van der Waals surface area contributed by atoms with E-state index in [1.807, 2.05) is 126 Å². The van der Waals surface area contributed by atoms with E-state index in [0.29, 0.717) is 32.1 Å². The smallest absolute Gasteiger partial charge is 0.238 e. The minimum atomic E-state index is -1.47. The van der Waals surface area contributed by atoms with Crippen LogP contribution in [0, 0.1) is 17.3 Å². The second-order valence-electron chi connectivity index (χ2n) is 16.2. The topological polar surface area (TPSA) is 104 Å². The number of hydrogen-bond acceptors (Lipinski definition) is 4. The first-order valence-electron chi connectivity index (χ1n) is 19.1. The summed E-state index contributed by atoms with van der Waals surface area (Å²) < 4.78 is 0. The van der Waals surface area contributed by atoms with Gasteiger partial charge in [0.2, 0.25) is 11.8 Å². The van der Waals surface area contributed by atoms with Crippen LogP contribution in [0.4, 0.5) is 0 Å². The fraction of sp³-hybridized carbons (Fsp3) is 0.435. The Balaban J connectivity index is 1.78. The highest BCUT2D eigenvalue weighted by atomic mass is 16.3. The van der Waals surface area contributed by atoms with Crippen LogP contribution in [0.5, 0.6) is 0 Å². The first-order valence-corrected chi connectivity index (χ1v) is 19.1. The second kappa shape index (κ2) is 17.0. The molecule has 0 unspecified atom stereocenters. The summed E-state index contributed by atoms with van der Waals surface area (Å²) in [5.74, 6) is -0.869. The normalized spacial score (nSPS) is 15.5. The Hall–Kier alpha value is -4.26. The molecule has 0 aliphatic heterocycles. The summed E-state index contributed by atoms with van der Waals surface area (Å²) in [6, 6.07) is 38.1. The predicted molar refractivity (Wildman–Crippen MR) is 209 cm³/mol. The van der Waals surface area contributed by atoms with Gasteiger partial charge in [0, 0.05) is 25.7 Å². The van der Waals surface area contributed by atoms with Crippen LogP contribution in [0.15, 0.2) is 121 Å². The number of carbonyl (C=O) groups excluding carboxylic acids is 2. The summed E-state index contributed by atoms with van der Waals surface area (Å²) >= 11 is 0. The Morgan fingerprint density at radius 2 is 0.885 bits per heavy atom. The molecule has 2 amide bonds. The van der Waals surface area contributed by atoms with E-state index in [2.05, 4.69) is 27.7 Å². The monoisotopic (exact) mass is 702 g/mol. The molecule has 6 heteroatoms. The van der Waals surface area contributed by atoms with Gasteiger partial charge in [0.1, 0.15) is 5.41 Å². The number of benzene rings is 4. The number of nitrogens with zero attached hydrogens (tertiary/aromatic N) is 1. The molecule has 0 radical (unpaired) electrons. The molecule has 6 nitrogen and oxygen atoms in total. The van der Waals surface area contributed by atoms with Gasteiger partial charge >= 0.3 is 0 Å². The lowest BCUT2D eigenvalue weighted by Crippen LogP contribution is -2.70. The van der Waals surface area contributed by atoms with E-state index < -0.39 is 34.6 Å². The van der Waals surface area contributed by atoms with Crippen molar-refractivity contribution in [2.24, 2.45) is 23.0 Å². The maximum atomic E-state index is 15.6. The van der Waals surface area contributed by atoms with E-state index >= 15 is 4.79 Å². The zero-order chi connectivity index (χ0) is 37.4. The molecule has 5 rings (SSSR count). The van der Waals surface area contributed by atoms with Gasteiger partial charge in [0.05, 0.1) is 23.3 Å². The van der Waals surface area contributed by atoms with Crippen molar-refractivity contribution < 1.29 is 19.8 Å². The molecular weight excluding hydrogens is 645 g/mol. The maximum Gasteiger partial charge on any atom is 0.238 e. The van der Waals surface area contributed by atoms with Crippen molar-refractivity contribution in [3.05, 3.63) is 144 Å². The van der Waals surface area contributed by atoms with E-state index in [1.54, 1.807) is 0 Å². The van der Waals surface area contributed by atoms with Gasteiger partial charge in [-0.25, -0.2) is 0 Å². The number of nitrogens with two attached hydrogens (primary N) is 1. The summed E-state index contributed by atoms with van der Waals surface area (Å²) in [5, 5.41) is 27.0. The average Bonchev–Trinajstić information content (AvgIpc) is 3.08. The van der Waals surface area contributed by atoms with Gasteiger partial charge in [-0.05, 0) is 59.8 Å². The highest BCUT2D eigenvalue weighted by Gasteiger charge is 2.58. The van der Waals surface area contributed by atoms with Crippen LogP contribution in [-0.4, -0.2) is 50.2 Å². The minimum absolute atomic E-state index is 0.0697. The molecule has 1 aliphatic carbocycles. The first kappa shape index (κ1) is 39.0. The van der Waals surface area contributed by atoms with Crippen LogP contribution >= 0.6 is 0 Å². The number of primary amides is 1. The van der Waals surface area contributed by atoms with Crippen LogP contribution < -0.4 is 5.73 Å². The fourth-order valence-corrected chi connectivity index (χ4v) is 8.31. The van der Waals surface area contributed by atoms with Crippen LogP contribution in [0.25, 0.3) is 0 Å². The van der Waals surface area contributed by atoms with E-state index in [0.717, 1.165) is 22.3 Å². The van der Waals surface area contributed by atoms with Crippen molar-refractivity contribution in [2.75, 3.05) is 0 Å². The lowest BCUT2D eigenvalue weighted by atomic mass is 9.65. The van der Waals surface area contributed by atoms with Crippen LogP contribution in [0.1, 0.15) is 82.1 Å². The minimum Gasteiger partial charge on any atom is -0.387 e. The fourth-order valence-electron chi connectivity index (χ4n) is 8.31. The highest BCUT2D eigenvalue weighted by molar-refractivity contribution is 6.05. The van der Waals surface area contributed by atoms with Gasteiger partial charge in [0.25, 0.3) is 0 Å². The zero-order valence-electron chi connectivity index (χ0n) is 31.5. The van der Waals surface area contributed by atoms with Gasteiger partial charge in [-0.1, -0.05) is 155 Å². The summed E-state index contributed by atoms with van der Waals surface area (Å²) in [7, 11) is 0. The summed E-state index contributed by atoms with van der Waals surface area (Å²) in [6.45, 7) is 8.41. The molecule has 4 aromatic rings. The first-order chi connectivity index (χ1) is 24.8. The zero-order valence-corrected chi connectivity index (χ0v) is 31.5. The SMILES string of the molecule is CC(C)C[C@@H](N(C(=O)C1(C(N)=O)CCC1)[C@H](CC(C)C)C(O)(Cc1ccccc1)Cc1ccccc1)C(O)(Cc1ccccc1)Cc1ccccc1. The molecule has 4 aromatic carbocycles. The van der Waals surface area contributed by atoms with Gasteiger partial charge in [-0.2, -0.15) is 0 Å².